The lowest BCUT2D eigenvalue weighted by Crippen LogP contribution is -2.43. The number of benzene rings is 4. The molecule has 7 rings (SSSR count). The third-order valence-electron chi connectivity index (χ3n) is 18.3. The summed E-state index contributed by atoms with van der Waals surface area (Å²) in [7, 11) is -12.2. The first kappa shape index (κ1) is 76.7. The lowest BCUT2D eigenvalue weighted by molar-refractivity contribution is -0.438. The molecule has 0 radical (unpaired) electrons. The average Bonchev–Trinajstić information content (AvgIpc) is 1.61. The van der Waals surface area contributed by atoms with Crippen LogP contribution in [0.25, 0.3) is 0 Å². The molecule has 0 fully saturated rings. The first-order valence-corrected chi connectivity index (χ1v) is 38.5. The maximum atomic E-state index is 14.3. The van der Waals surface area contributed by atoms with Crippen molar-refractivity contribution in [2.45, 2.75) is 167 Å². The SMILES string of the molecule is CC1(C)C(=CC=C2CCCC(C=CC3=[N+](CCCCS(=O)(=O)O)c4ccccc4C3(C)C)=C2Oc2ccc(C[C@H](CC(=O)[C@H](Cc3ccccc3)NC(=O)CCCCC(=O)CC[C@H](CP(=O)(O)CCCCC(=O)O)C(=O)O)C(=O)O)cc2)N(CCCCS(=O)(=O)O)c2ccccc21. The minimum Gasteiger partial charge on any atom is -0.481 e. The molecule has 0 saturated carbocycles. The third kappa shape index (κ3) is 23.0. The Morgan fingerprint density at radius 2 is 1.28 bits per heavy atom. The monoisotopic (exact) mass is 1390 g/mol. The first-order valence-electron chi connectivity index (χ1n) is 33.3. The van der Waals surface area contributed by atoms with Gasteiger partial charge in [-0.05, 0) is 156 Å². The van der Waals surface area contributed by atoms with Gasteiger partial charge in [-0.25, -0.2) is 0 Å². The molecule has 21 nitrogen and oxygen atoms in total. The number of hydrogen-bond donors (Lipinski definition) is 7. The molecular formula is C73H93N3O18PS2+. The number of rotatable bonds is 40. The summed E-state index contributed by atoms with van der Waals surface area (Å²) in [5.41, 5.74) is 8.40. The van der Waals surface area contributed by atoms with Crippen LogP contribution in [0.1, 0.15) is 159 Å². The number of nitrogens with zero attached hydrogens (tertiary/aromatic N) is 2. The molecule has 1 aliphatic carbocycles. The van der Waals surface area contributed by atoms with Crippen LogP contribution >= 0.6 is 7.37 Å². The van der Waals surface area contributed by atoms with Gasteiger partial charge in [-0.15, -0.1) is 0 Å². The number of nitrogens with one attached hydrogen (secondary N) is 1. The Morgan fingerprint density at radius 1 is 0.660 bits per heavy atom. The summed E-state index contributed by atoms with van der Waals surface area (Å²) in [6, 6.07) is 31.1. The van der Waals surface area contributed by atoms with Crippen LogP contribution in [-0.2, 0) is 77.2 Å². The van der Waals surface area contributed by atoms with Gasteiger partial charge in [0.1, 0.15) is 23.8 Å². The number of unbranched alkanes of at least 4 members (excludes halogenated alkanes) is 4. The van der Waals surface area contributed by atoms with Crippen LogP contribution in [0, 0.1) is 11.8 Å². The van der Waals surface area contributed by atoms with Crippen LogP contribution in [0.4, 0.5) is 11.4 Å². The van der Waals surface area contributed by atoms with Gasteiger partial charge in [-0.1, -0.05) is 98.8 Å². The molecule has 3 aliphatic rings. The molecule has 97 heavy (non-hydrogen) atoms. The summed E-state index contributed by atoms with van der Waals surface area (Å²) < 4.78 is 87.7. The highest BCUT2D eigenvalue weighted by atomic mass is 32.2. The lowest BCUT2D eigenvalue weighted by Gasteiger charge is -2.27. The van der Waals surface area contributed by atoms with Gasteiger partial charge in [0.2, 0.25) is 19.0 Å². The summed E-state index contributed by atoms with van der Waals surface area (Å²) in [4.78, 5) is 88.9. The number of fused-ring (bicyclic) bond motifs is 2. The van der Waals surface area contributed by atoms with Crippen molar-refractivity contribution in [3.63, 3.8) is 0 Å². The molecule has 4 aromatic carbocycles. The summed E-state index contributed by atoms with van der Waals surface area (Å²) in [5, 5.41) is 32.0. The normalized spacial score (nSPS) is 17.6. The molecule has 4 atom stereocenters. The van der Waals surface area contributed by atoms with Crippen molar-refractivity contribution in [3.05, 3.63) is 172 Å². The second-order valence-electron chi connectivity index (χ2n) is 26.6. The average molecular weight is 1400 g/mol. The smallest absolute Gasteiger partial charge is 0.307 e. The number of ether oxygens (including phenoxy) is 1. The Hall–Kier alpha value is -7.66. The molecule has 7 N–H and O–H groups in total. The second kappa shape index (κ2) is 34.7. The number of amides is 1. The van der Waals surface area contributed by atoms with E-state index in [0.717, 1.165) is 57.0 Å². The van der Waals surface area contributed by atoms with Crippen LogP contribution in [-0.4, -0.2) is 135 Å². The maximum Gasteiger partial charge on any atom is 0.307 e. The Labute approximate surface area is 569 Å². The summed E-state index contributed by atoms with van der Waals surface area (Å²) >= 11 is 0. The van der Waals surface area contributed by atoms with Gasteiger partial charge in [-0.3, -0.25) is 42.4 Å². The first-order chi connectivity index (χ1) is 45.8. The zero-order chi connectivity index (χ0) is 70.7. The molecule has 2 heterocycles. The third-order valence-corrected chi connectivity index (χ3v) is 22.0. The highest BCUT2D eigenvalue weighted by molar-refractivity contribution is 7.86. The molecule has 4 aromatic rings. The molecule has 24 heteroatoms. The van der Waals surface area contributed by atoms with Crippen molar-refractivity contribution < 1.29 is 88.8 Å². The molecule has 2 aliphatic heterocycles. The molecular weight excluding hydrogens is 1300 g/mol. The van der Waals surface area contributed by atoms with E-state index in [0.29, 0.717) is 55.8 Å². The summed E-state index contributed by atoms with van der Waals surface area (Å²) in [6.07, 6.45) is 11.1. The van der Waals surface area contributed by atoms with Crippen LogP contribution in [0.15, 0.2) is 150 Å². The molecule has 1 amide bonds. The van der Waals surface area contributed by atoms with Gasteiger partial charge < -0.3 is 35.2 Å². The zero-order valence-corrected chi connectivity index (χ0v) is 58.3. The summed E-state index contributed by atoms with van der Waals surface area (Å²) in [5.74, 6) is -6.90. The number of Topliss-reactive ketones (excluding diaryl/α,β-unsaturated/α-hetero) is 2. The Kier molecular flexibility index (Phi) is 27.4. The van der Waals surface area contributed by atoms with E-state index in [2.05, 4.69) is 78.9 Å². The molecule has 524 valence electrons. The van der Waals surface area contributed by atoms with Crippen LogP contribution in [0.3, 0.4) is 0 Å². The molecule has 0 saturated heterocycles. The standard InChI is InChI=1S/C73H92N3O18PS2/c1-72(2)59-26-9-11-28-62(59)75(42-15-18-45-96(88,89)90)65(72)40-35-53-23-20-24-54(36-41-66-73(3,4)60-27-10-12-29-63(60)76(66)43-16-19-46-97(91,92)93)69(53)94-58-38-32-52(33-39-58)47-56(71(84)85)49-64(78)61(48-51-21-6-5-7-22-51)74-67(79)30-13-8-25-57(77)37-34-55(70(82)83)50-95(86,87)44-17-14-31-68(80)81/h5-7,9-12,21-22,26-29,32-33,35-36,38-41,55-56,61H,8,13-20,23-25,30-31,34,37,42-50H2,1-4H3,(H6-,74,79,80,81,82,83,84,85,86,87,88,89,90,91,92,93)/p+1/t55-,56-,61+/m1/s1. The van der Waals surface area contributed by atoms with E-state index >= 15 is 0 Å². The van der Waals surface area contributed by atoms with Crippen LogP contribution < -0.4 is 15.0 Å². The van der Waals surface area contributed by atoms with Crippen molar-refractivity contribution in [2.24, 2.45) is 11.8 Å². The van der Waals surface area contributed by atoms with Gasteiger partial charge in [0.15, 0.2) is 11.5 Å². The number of para-hydroxylation sites is 2. The van der Waals surface area contributed by atoms with Gasteiger partial charge >= 0.3 is 17.9 Å². The topological polar surface area (TPSA) is 337 Å². The molecule has 1 unspecified atom stereocenters. The molecule has 0 bridgehead atoms. The van der Waals surface area contributed by atoms with E-state index < -0.39 is 98.5 Å². The zero-order valence-electron chi connectivity index (χ0n) is 55.8. The maximum absolute atomic E-state index is 14.3. The van der Waals surface area contributed by atoms with E-state index in [1.54, 1.807) is 54.6 Å². The van der Waals surface area contributed by atoms with Crippen molar-refractivity contribution in [3.8, 4) is 5.75 Å². The number of hydrogen-bond acceptors (Lipinski definition) is 13. The van der Waals surface area contributed by atoms with Crippen molar-refractivity contribution in [1.82, 2.24) is 5.32 Å². The van der Waals surface area contributed by atoms with Crippen LogP contribution in [0.2, 0.25) is 0 Å². The van der Waals surface area contributed by atoms with E-state index in [9.17, 15) is 74.4 Å². The highest BCUT2D eigenvalue weighted by Gasteiger charge is 2.44. The number of carboxylic acids is 3. The predicted octanol–water partition coefficient (Wildman–Crippen LogP) is 12.1. The minimum absolute atomic E-state index is 0.0164. The Balaban J connectivity index is 1.09. The lowest BCUT2D eigenvalue weighted by atomic mass is 9.81. The number of allylic oxidation sites excluding steroid dienone is 7. The number of anilines is 1. The number of carbonyl (C=O) groups excluding carboxylic acids is 3. The van der Waals surface area contributed by atoms with E-state index in [1.807, 2.05) is 36.4 Å². The second-order valence-corrected chi connectivity index (χ2v) is 32.3. The van der Waals surface area contributed by atoms with Crippen molar-refractivity contribution in [1.29, 1.82) is 0 Å². The van der Waals surface area contributed by atoms with E-state index in [1.165, 1.54) is 0 Å². The number of aliphatic carboxylic acids is 3. The number of carbonyl (C=O) groups is 6. The largest absolute Gasteiger partial charge is 0.481 e. The predicted molar refractivity (Wildman–Crippen MR) is 372 cm³/mol. The van der Waals surface area contributed by atoms with E-state index in [4.69, 9.17) is 9.84 Å². The number of carboxylic acid groups (broad SMARTS) is 3. The fourth-order valence-electron chi connectivity index (χ4n) is 13.1. The number of ketones is 2. The Bertz CT molecular complexity index is 3950. The van der Waals surface area contributed by atoms with Gasteiger partial charge in [0.25, 0.3) is 20.2 Å². The summed E-state index contributed by atoms with van der Waals surface area (Å²) in [6.45, 7) is 9.57. The van der Waals surface area contributed by atoms with Gasteiger partial charge in [0.05, 0.1) is 34.8 Å². The highest BCUT2D eigenvalue weighted by Crippen LogP contribution is 2.49. The fourth-order valence-corrected chi connectivity index (χ4v) is 16.2. The quantitative estimate of drug-likeness (QED) is 0.00941. The fraction of sp³-hybridized carbons (Fsp3) is 0.466. The van der Waals surface area contributed by atoms with Crippen LogP contribution in [0.5, 0.6) is 5.75 Å². The molecule has 0 spiro atoms. The van der Waals surface area contributed by atoms with Gasteiger partial charge in [0, 0.05) is 91.9 Å². The van der Waals surface area contributed by atoms with E-state index in [-0.39, 0.29) is 107 Å². The van der Waals surface area contributed by atoms with Gasteiger partial charge in [-0.2, -0.15) is 21.4 Å². The minimum atomic E-state index is -4.14. The van der Waals surface area contributed by atoms with Crippen molar-refractivity contribution in [2.75, 3.05) is 41.8 Å². The van der Waals surface area contributed by atoms with Crippen molar-refractivity contribution >= 4 is 80.1 Å². The molecule has 0 aromatic heterocycles. The Morgan fingerprint density at radius 3 is 1.95 bits per heavy atom.